The van der Waals surface area contributed by atoms with Crippen LogP contribution in [0.2, 0.25) is 0 Å². The second kappa shape index (κ2) is 12.8. The van der Waals surface area contributed by atoms with E-state index >= 15 is 0 Å². The predicted molar refractivity (Wildman–Crippen MR) is 116 cm³/mol. The molecule has 0 bridgehead atoms. The highest BCUT2D eigenvalue weighted by Gasteiger charge is 2.28. The summed E-state index contributed by atoms with van der Waals surface area (Å²) in [6.45, 7) is 11.5. The average molecular weight is 391 g/mol. The van der Waals surface area contributed by atoms with Crippen LogP contribution in [-0.4, -0.2) is 76.1 Å². The summed E-state index contributed by atoms with van der Waals surface area (Å²) in [6, 6.07) is 10.5. The Balaban J connectivity index is 1.51. The molecule has 1 aromatic carbocycles. The van der Waals surface area contributed by atoms with Crippen molar-refractivity contribution in [1.82, 2.24) is 15.5 Å². The molecule has 158 valence electrons. The Morgan fingerprint density at radius 1 is 1.11 bits per heavy atom. The van der Waals surface area contributed by atoms with Gasteiger partial charge in [-0.1, -0.05) is 30.3 Å². The first-order valence-electron chi connectivity index (χ1n) is 10.5. The van der Waals surface area contributed by atoms with Gasteiger partial charge in [-0.2, -0.15) is 0 Å². The van der Waals surface area contributed by atoms with Crippen LogP contribution in [0.5, 0.6) is 0 Å². The van der Waals surface area contributed by atoms with Crippen molar-refractivity contribution in [1.29, 1.82) is 0 Å². The van der Waals surface area contributed by atoms with Gasteiger partial charge in [0.25, 0.3) is 0 Å². The van der Waals surface area contributed by atoms with Crippen LogP contribution in [-0.2, 0) is 15.9 Å². The highest BCUT2D eigenvalue weighted by atomic mass is 16.5. The van der Waals surface area contributed by atoms with Gasteiger partial charge in [0.2, 0.25) is 0 Å². The summed E-state index contributed by atoms with van der Waals surface area (Å²) in [6.07, 6.45) is 3.10. The number of guanidine groups is 1. The molecule has 0 aliphatic carbocycles. The van der Waals surface area contributed by atoms with E-state index in [9.17, 15) is 0 Å². The molecule has 0 aromatic heterocycles. The molecule has 28 heavy (non-hydrogen) atoms. The number of hydrogen-bond acceptors (Lipinski definition) is 4. The maximum atomic E-state index is 5.74. The second-order valence-corrected chi connectivity index (χ2v) is 7.82. The number of hydrogen-bond donors (Lipinski definition) is 2. The van der Waals surface area contributed by atoms with Crippen LogP contribution >= 0.6 is 0 Å². The molecule has 1 saturated heterocycles. The molecule has 0 radical (unpaired) electrons. The van der Waals surface area contributed by atoms with Gasteiger partial charge in [0.05, 0.1) is 19.8 Å². The number of ether oxygens (including phenoxy) is 2. The maximum Gasteiger partial charge on any atom is 0.191 e. The Labute approximate surface area is 170 Å². The van der Waals surface area contributed by atoms with E-state index in [1.807, 2.05) is 13.1 Å². The topological polar surface area (TPSA) is 58.1 Å². The molecule has 0 spiro atoms. The minimum absolute atomic E-state index is 0.0774. The molecule has 1 aliphatic rings. The van der Waals surface area contributed by atoms with Crippen LogP contribution in [0.25, 0.3) is 0 Å². The Morgan fingerprint density at radius 2 is 1.86 bits per heavy atom. The van der Waals surface area contributed by atoms with Gasteiger partial charge in [0.1, 0.15) is 0 Å². The van der Waals surface area contributed by atoms with Crippen molar-refractivity contribution in [2.24, 2.45) is 4.99 Å². The predicted octanol–water partition coefficient (Wildman–Crippen LogP) is 2.30. The Morgan fingerprint density at radius 3 is 2.57 bits per heavy atom. The number of morpholine rings is 1. The van der Waals surface area contributed by atoms with Gasteiger partial charge >= 0.3 is 0 Å². The van der Waals surface area contributed by atoms with Gasteiger partial charge in [0.15, 0.2) is 5.96 Å². The molecule has 6 nitrogen and oxygen atoms in total. The monoisotopic (exact) mass is 390 g/mol. The first-order chi connectivity index (χ1) is 13.6. The van der Waals surface area contributed by atoms with Crippen LogP contribution < -0.4 is 10.6 Å². The summed E-state index contributed by atoms with van der Waals surface area (Å²) in [5.41, 5.74) is 1.41. The average Bonchev–Trinajstić information content (AvgIpc) is 2.73. The van der Waals surface area contributed by atoms with E-state index in [2.05, 4.69) is 58.6 Å². The van der Waals surface area contributed by atoms with Crippen molar-refractivity contribution in [3.05, 3.63) is 35.9 Å². The molecule has 0 unspecified atom stereocenters. The van der Waals surface area contributed by atoms with E-state index in [-0.39, 0.29) is 5.54 Å². The zero-order valence-electron chi connectivity index (χ0n) is 17.9. The van der Waals surface area contributed by atoms with Crippen molar-refractivity contribution in [3.8, 4) is 0 Å². The molecule has 0 saturated carbocycles. The highest BCUT2D eigenvalue weighted by molar-refractivity contribution is 5.79. The van der Waals surface area contributed by atoms with Crippen molar-refractivity contribution < 1.29 is 9.47 Å². The van der Waals surface area contributed by atoms with Crippen molar-refractivity contribution in [3.63, 3.8) is 0 Å². The molecule has 1 fully saturated rings. The lowest BCUT2D eigenvalue weighted by molar-refractivity contribution is -0.00833. The summed E-state index contributed by atoms with van der Waals surface area (Å²) >= 11 is 0. The summed E-state index contributed by atoms with van der Waals surface area (Å²) < 4.78 is 11.2. The van der Waals surface area contributed by atoms with E-state index in [1.165, 1.54) is 5.56 Å². The van der Waals surface area contributed by atoms with E-state index < -0.39 is 0 Å². The van der Waals surface area contributed by atoms with Crippen LogP contribution in [0.4, 0.5) is 0 Å². The Bertz CT molecular complexity index is 557. The molecule has 1 aliphatic heterocycles. The number of aliphatic imine (C=N–C) groups is 1. The van der Waals surface area contributed by atoms with Crippen LogP contribution in [0.3, 0.4) is 0 Å². The van der Waals surface area contributed by atoms with Crippen LogP contribution in [0.15, 0.2) is 35.3 Å². The summed E-state index contributed by atoms with van der Waals surface area (Å²) in [7, 11) is 1.82. The van der Waals surface area contributed by atoms with Crippen LogP contribution in [0.1, 0.15) is 32.3 Å². The lowest BCUT2D eigenvalue weighted by atomic mass is 10.0. The van der Waals surface area contributed by atoms with Gasteiger partial charge in [-0.25, -0.2) is 0 Å². The fourth-order valence-corrected chi connectivity index (χ4v) is 3.27. The Kier molecular flexibility index (Phi) is 10.3. The van der Waals surface area contributed by atoms with E-state index in [0.29, 0.717) is 0 Å². The highest BCUT2D eigenvalue weighted by Crippen LogP contribution is 2.14. The number of unbranched alkanes of at least 4 members (excludes halogenated alkanes) is 1. The molecule has 2 N–H and O–H groups in total. The van der Waals surface area contributed by atoms with Crippen molar-refractivity contribution >= 4 is 5.96 Å². The van der Waals surface area contributed by atoms with Gasteiger partial charge in [-0.05, 0) is 38.7 Å². The number of rotatable bonds is 11. The molecular formula is C22H38N4O2. The number of nitrogens with one attached hydrogen (secondary N) is 2. The van der Waals surface area contributed by atoms with Crippen LogP contribution in [0, 0.1) is 0 Å². The number of nitrogens with zero attached hydrogens (tertiary/aromatic N) is 2. The summed E-state index contributed by atoms with van der Waals surface area (Å²) in [5.74, 6) is 0.867. The minimum Gasteiger partial charge on any atom is -0.381 e. The quantitative estimate of drug-likeness (QED) is 0.345. The molecule has 0 atom stereocenters. The number of benzene rings is 1. The van der Waals surface area contributed by atoms with E-state index in [1.54, 1.807) is 0 Å². The minimum atomic E-state index is 0.0774. The third kappa shape index (κ3) is 8.59. The standard InChI is InChI=1S/C22H38N4O2/c1-22(2,26-13-17-28-18-14-26)19-25-21(23-3)24-12-7-8-15-27-16-11-20-9-5-4-6-10-20/h4-6,9-10H,7-8,11-19H2,1-3H3,(H2,23,24,25). The molecular weight excluding hydrogens is 352 g/mol. The second-order valence-electron chi connectivity index (χ2n) is 7.82. The summed E-state index contributed by atoms with van der Waals surface area (Å²) in [5, 5.41) is 6.86. The normalized spacial score (nSPS) is 16.2. The van der Waals surface area contributed by atoms with Gasteiger partial charge < -0.3 is 20.1 Å². The molecule has 1 aromatic rings. The van der Waals surface area contributed by atoms with E-state index in [0.717, 1.165) is 77.8 Å². The lowest BCUT2D eigenvalue weighted by Gasteiger charge is -2.41. The van der Waals surface area contributed by atoms with Gasteiger partial charge in [-0.3, -0.25) is 9.89 Å². The first-order valence-corrected chi connectivity index (χ1v) is 10.5. The third-order valence-electron chi connectivity index (χ3n) is 5.16. The maximum absolute atomic E-state index is 5.74. The fourth-order valence-electron chi connectivity index (χ4n) is 3.27. The fraction of sp³-hybridized carbons (Fsp3) is 0.682. The molecule has 6 heteroatoms. The third-order valence-corrected chi connectivity index (χ3v) is 5.16. The zero-order chi connectivity index (χ0) is 20.1. The van der Waals surface area contributed by atoms with Crippen molar-refractivity contribution in [2.45, 2.75) is 38.6 Å². The zero-order valence-corrected chi connectivity index (χ0v) is 17.9. The smallest absolute Gasteiger partial charge is 0.191 e. The first kappa shape index (κ1) is 22.7. The van der Waals surface area contributed by atoms with Crippen molar-refractivity contribution in [2.75, 3.05) is 59.7 Å². The lowest BCUT2D eigenvalue weighted by Crippen LogP contribution is -2.56. The summed E-state index contributed by atoms with van der Waals surface area (Å²) in [4.78, 5) is 6.81. The molecule has 0 amide bonds. The SMILES string of the molecule is CN=C(NCCCCOCCc1ccccc1)NCC(C)(C)N1CCOCC1. The van der Waals surface area contributed by atoms with E-state index in [4.69, 9.17) is 9.47 Å². The van der Waals surface area contributed by atoms with Gasteiger partial charge in [-0.15, -0.1) is 0 Å². The largest absolute Gasteiger partial charge is 0.381 e. The molecule has 1 heterocycles. The van der Waals surface area contributed by atoms with Gasteiger partial charge in [0, 0.05) is 45.4 Å². The molecule has 2 rings (SSSR count). The Hall–Kier alpha value is -1.63.